The van der Waals surface area contributed by atoms with Gasteiger partial charge in [0.05, 0.1) is 11.1 Å². The van der Waals surface area contributed by atoms with E-state index in [-0.39, 0.29) is 17.6 Å². The zero-order chi connectivity index (χ0) is 18.1. The average molecular weight is 351 g/mol. The summed E-state index contributed by atoms with van der Waals surface area (Å²) in [5, 5.41) is 9.39. The van der Waals surface area contributed by atoms with Crippen molar-refractivity contribution in [2.75, 3.05) is 44.2 Å². The molecule has 0 aliphatic carbocycles. The normalized spacial score (nSPS) is 17.7. The third-order valence-corrected chi connectivity index (χ3v) is 5.11. The highest BCUT2D eigenvalue weighted by Gasteiger charge is 2.35. The highest BCUT2D eigenvalue weighted by molar-refractivity contribution is 6.21. The molecular weight excluding hydrogens is 330 g/mol. The van der Waals surface area contributed by atoms with Crippen molar-refractivity contribution < 1.29 is 14.7 Å². The van der Waals surface area contributed by atoms with Crippen molar-refractivity contribution in [3.05, 3.63) is 59.7 Å². The van der Waals surface area contributed by atoms with Crippen molar-refractivity contribution in [1.29, 1.82) is 0 Å². The summed E-state index contributed by atoms with van der Waals surface area (Å²) in [5.41, 5.74) is 2.12. The van der Waals surface area contributed by atoms with Crippen LogP contribution in [0.5, 0.6) is 5.75 Å². The maximum atomic E-state index is 12.4. The minimum Gasteiger partial charge on any atom is -0.508 e. The van der Waals surface area contributed by atoms with E-state index in [4.69, 9.17) is 0 Å². The molecule has 2 aliphatic rings. The van der Waals surface area contributed by atoms with Crippen LogP contribution in [0.1, 0.15) is 20.7 Å². The molecule has 0 bridgehead atoms. The maximum Gasteiger partial charge on any atom is 0.261 e. The van der Waals surface area contributed by atoms with Crippen molar-refractivity contribution in [2.24, 2.45) is 0 Å². The number of aromatic hydroxyl groups is 1. The molecule has 1 saturated heterocycles. The summed E-state index contributed by atoms with van der Waals surface area (Å²) >= 11 is 0. The van der Waals surface area contributed by atoms with Crippen molar-refractivity contribution >= 4 is 17.5 Å². The third-order valence-electron chi connectivity index (χ3n) is 5.11. The zero-order valence-electron chi connectivity index (χ0n) is 14.5. The second-order valence-electron chi connectivity index (χ2n) is 6.65. The lowest BCUT2D eigenvalue weighted by atomic mass is 10.1. The number of benzene rings is 2. The fourth-order valence-electron chi connectivity index (χ4n) is 3.58. The molecule has 2 aromatic carbocycles. The molecule has 2 heterocycles. The van der Waals surface area contributed by atoms with Crippen molar-refractivity contribution in [3.8, 4) is 5.75 Å². The van der Waals surface area contributed by atoms with E-state index in [2.05, 4.69) is 9.80 Å². The Labute approximate surface area is 152 Å². The Morgan fingerprint density at radius 2 is 1.35 bits per heavy atom. The van der Waals surface area contributed by atoms with E-state index in [1.54, 1.807) is 36.4 Å². The van der Waals surface area contributed by atoms with Crippen LogP contribution in [0.3, 0.4) is 0 Å². The Hall–Kier alpha value is -2.86. The number of carbonyl (C=O) groups is 2. The van der Waals surface area contributed by atoms with Crippen LogP contribution in [0, 0.1) is 0 Å². The van der Waals surface area contributed by atoms with Crippen LogP contribution in [-0.2, 0) is 0 Å². The molecule has 1 fully saturated rings. The predicted molar refractivity (Wildman–Crippen MR) is 98.6 cm³/mol. The molecule has 0 unspecified atom stereocenters. The number of rotatable bonds is 4. The zero-order valence-corrected chi connectivity index (χ0v) is 14.5. The number of phenols is 1. The topological polar surface area (TPSA) is 64.1 Å². The lowest BCUT2D eigenvalue weighted by Gasteiger charge is -2.36. The Morgan fingerprint density at radius 3 is 1.92 bits per heavy atom. The fraction of sp³-hybridized carbons (Fsp3) is 0.300. The van der Waals surface area contributed by atoms with Gasteiger partial charge in [0.1, 0.15) is 5.75 Å². The highest BCUT2D eigenvalue weighted by atomic mass is 16.3. The first-order chi connectivity index (χ1) is 12.6. The quantitative estimate of drug-likeness (QED) is 0.851. The van der Waals surface area contributed by atoms with Gasteiger partial charge in [-0.3, -0.25) is 19.4 Å². The molecule has 0 radical (unpaired) electrons. The van der Waals surface area contributed by atoms with Gasteiger partial charge in [-0.15, -0.1) is 0 Å². The number of imide groups is 1. The second-order valence-corrected chi connectivity index (χ2v) is 6.65. The van der Waals surface area contributed by atoms with E-state index in [0.717, 1.165) is 31.9 Å². The minimum atomic E-state index is -0.187. The monoisotopic (exact) mass is 351 g/mol. The van der Waals surface area contributed by atoms with Crippen LogP contribution in [0.2, 0.25) is 0 Å². The summed E-state index contributed by atoms with van der Waals surface area (Å²) in [6.45, 7) is 4.63. The van der Waals surface area contributed by atoms with Crippen LogP contribution in [0.4, 0.5) is 5.69 Å². The summed E-state index contributed by atoms with van der Waals surface area (Å²) < 4.78 is 0. The summed E-state index contributed by atoms with van der Waals surface area (Å²) in [7, 11) is 0. The van der Waals surface area contributed by atoms with Crippen molar-refractivity contribution in [1.82, 2.24) is 9.80 Å². The predicted octanol–water partition coefficient (Wildman–Crippen LogP) is 1.81. The first kappa shape index (κ1) is 16.6. The average Bonchev–Trinajstić information content (AvgIpc) is 2.92. The van der Waals surface area contributed by atoms with Gasteiger partial charge in [-0.2, -0.15) is 0 Å². The molecule has 0 saturated carbocycles. The van der Waals surface area contributed by atoms with Crippen LogP contribution in [-0.4, -0.2) is 66.0 Å². The molecule has 2 aliphatic heterocycles. The first-order valence-corrected chi connectivity index (χ1v) is 8.85. The Morgan fingerprint density at radius 1 is 0.769 bits per heavy atom. The molecule has 2 amide bonds. The summed E-state index contributed by atoms with van der Waals surface area (Å²) in [4.78, 5) is 30.7. The smallest absolute Gasteiger partial charge is 0.261 e. The standard InChI is InChI=1S/C20H21N3O3/c24-16-7-5-15(6-8-16)22-12-9-21(10-13-22)11-14-23-19(25)17-3-1-2-4-18(17)20(23)26/h1-8,24H,9-14H2. The van der Waals surface area contributed by atoms with E-state index >= 15 is 0 Å². The number of piperazine rings is 1. The largest absolute Gasteiger partial charge is 0.508 e. The van der Waals surface area contributed by atoms with E-state index in [1.807, 2.05) is 12.1 Å². The van der Waals surface area contributed by atoms with Gasteiger partial charge in [0.15, 0.2) is 0 Å². The molecule has 6 nitrogen and oxygen atoms in total. The molecular formula is C20H21N3O3. The van der Waals surface area contributed by atoms with Crippen LogP contribution < -0.4 is 4.90 Å². The number of hydrogen-bond donors (Lipinski definition) is 1. The maximum absolute atomic E-state index is 12.4. The molecule has 134 valence electrons. The van der Waals surface area contributed by atoms with E-state index in [1.165, 1.54) is 4.90 Å². The highest BCUT2D eigenvalue weighted by Crippen LogP contribution is 2.23. The molecule has 0 aromatic heterocycles. The Bertz CT molecular complexity index is 791. The van der Waals surface area contributed by atoms with Gasteiger partial charge < -0.3 is 10.0 Å². The lowest BCUT2D eigenvalue weighted by molar-refractivity contribution is 0.0635. The molecule has 0 atom stereocenters. The van der Waals surface area contributed by atoms with Gasteiger partial charge in [-0.05, 0) is 36.4 Å². The number of amides is 2. The summed E-state index contributed by atoms with van der Waals surface area (Å²) in [5.74, 6) is -0.102. The van der Waals surface area contributed by atoms with E-state index < -0.39 is 0 Å². The van der Waals surface area contributed by atoms with Crippen LogP contribution in [0.25, 0.3) is 0 Å². The molecule has 0 spiro atoms. The first-order valence-electron chi connectivity index (χ1n) is 8.85. The number of hydrogen-bond acceptors (Lipinski definition) is 5. The third kappa shape index (κ3) is 3.04. The lowest BCUT2D eigenvalue weighted by Crippen LogP contribution is -2.49. The summed E-state index contributed by atoms with van der Waals surface area (Å²) in [6, 6.07) is 14.2. The van der Waals surface area contributed by atoms with Crippen molar-refractivity contribution in [2.45, 2.75) is 0 Å². The summed E-state index contributed by atoms with van der Waals surface area (Å²) in [6.07, 6.45) is 0. The molecule has 1 N–H and O–H groups in total. The Balaban J connectivity index is 1.31. The number of anilines is 1. The minimum absolute atomic E-state index is 0.187. The molecule has 2 aromatic rings. The van der Waals surface area contributed by atoms with Crippen LogP contribution >= 0.6 is 0 Å². The van der Waals surface area contributed by atoms with Gasteiger partial charge in [0.2, 0.25) is 0 Å². The number of nitrogens with zero attached hydrogens (tertiary/aromatic N) is 3. The van der Waals surface area contributed by atoms with Gasteiger partial charge in [0.25, 0.3) is 11.8 Å². The van der Waals surface area contributed by atoms with E-state index in [0.29, 0.717) is 24.2 Å². The number of phenolic OH excluding ortho intramolecular Hbond substituents is 1. The molecule has 26 heavy (non-hydrogen) atoms. The second kappa shape index (κ2) is 6.80. The van der Waals surface area contributed by atoms with Gasteiger partial charge in [0, 0.05) is 45.0 Å². The number of fused-ring (bicyclic) bond motifs is 1. The Kier molecular flexibility index (Phi) is 4.34. The fourth-order valence-corrected chi connectivity index (χ4v) is 3.58. The molecule has 6 heteroatoms. The van der Waals surface area contributed by atoms with Gasteiger partial charge in [-0.1, -0.05) is 12.1 Å². The van der Waals surface area contributed by atoms with Crippen molar-refractivity contribution in [3.63, 3.8) is 0 Å². The SMILES string of the molecule is O=C1c2ccccc2C(=O)N1CCN1CCN(c2ccc(O)cc2)CC1. The van der Waals surface area contributed by atoms with Gasteiger partial charge in [-0.25, -0.2) is 0 Å². The van der Waals surface area contributed by atoms with E-state index in [9.17, 15) is 14.7 Å². The molecule has 4 rings (SSSR count). The van der Waals surface area contributed by atoms with Crippen LogP contribution in [0.15, 0.2) is 48.5 Å². The van der Waals surface area contributed by atoms with Gasteiger partial charge >= 0.3 is 0 Å². The number of carbonyl (C=O) groups excluding carboxylic acids is 2.